The number of ether oxygens (including phenoxy) is 1. The van der Waals surface area contributed by atoms with Crippen LogP contribution in [-0.4, -0.2) is 53.8 Å². The first-order valence-electron chi connectivity index (χ1n) is 7.96. The van der Waals surface area contributed by atoms with Crippen LogP contribution in [0.15, 0.2) is 0 Å². The lowest BCUT2D eigenvalue weighted by molar-refractivity contribution is -0.159. The Kier molecular flexibility index (Phi) is 7.50. The number of carbonyl (C=O) groups excluding carboxylic acids is 4. The summed E-state index contributed by atoms with van der Waals surface area (Å²) in [7, 11) is 0. The molecule has 0 saturated carbocycles. The Morgan fingerprint density at radius 2 is 2.09 bits per heavy atom. The second-order valence-corrected chi connectivity index (χ2v) is 5.38. The fraction of sp³-hybridized carbons (Fsp3) is 0.733. The van der Waals surface area contributed by atoms with E-state index in [1.54, 1.807) is 13.8 Å². The van der Waals surface area contributed by atoms with Gasteiger partial charge >= 0.3 is 5.97 Å². The Morgan fingerprint density at radius 1 is 1.39 bits per heavy atom. The van der Waals surface area contributed by atoms with E-state index in [0.29, 0.717) is 13.0 Å². The molecule has 1 rings (SSSR count). The minimum absolute atomic E-state index is 0.0453. The minimum Gasteiger partial charge on any atom is -0.464 e. The molecule has 1 saturated heterocycles. The van der Waals surface area contributed by atoms with Crippen molar-refractivity contribution in [2.24, 2.45) is 5.73 Å². The third-order valence-electron chi connectivity index (χ3n) is 3.74. The molecule has 0 radical (unpaired) electrons. The predicted molar refractivity (Wildman–Crippen MR) is 82.0 cm³/mol. The number of hydrogen-bond acceptors (Lipinski definition) is 5. The van der Waals surface area contributed by atoms with Gasteiger partial charge in [0.1, 0.15) is 12.1 Å². The number of amides is 3. The molecule has 130 valence electrons. The summed E-state index contributed by atoms with van der Waals surface area (Å²) in [5.74, 6) is -1.80. The Morgan fingerprint density at radius 3 is 2.61 bits per heavy atom. The highest BCUT2D eigenvalue weighted by Crippen LogP contribution is 2.20. The van der Waals surface area contributed by atoms with Crippen LogP contribution in [0.3, 0.4) is 0 Å². The third kappa shape index (κ3) is 5.22. The standard InChI is InChI=1S/C15H25N3O5/c1-3-13(20)18(10-6-5-9-17-14(10)21)11(7-8-12(16)19)15(22)23-4-2/h10-11H,3-9H2,1-2H3,(H2,16,19)(H,17,21). The molecule has 0 aromatic rings. The SMILES string of the molecule is CCOC(=O)C(CCC(N)=O)N(C(=O)CC)C1CCCNC1=O. The summed E-state index contributed by atoms with van der Waals surface area (Å²) >= 11 is 0. The van der Waals surface area contributed by atoms with Gasteiger partial charge in [-0.25, -0.2) is 4.79 Å². The number of primary amides is 1. The first-order valence-corrected chi connectivity index (χ1v) is 7.96. The van der Waals surface area contributed by atoms with E-state index >= 15 is 0 Å². The highest BCUT2D eigenvalue weighted by atomic mass is 16.5. The number of carbonyl (C=O) groups is 4. The number of nitrogens with zero attached hydrogens (tertiary/aromatic N) is 1. The van der Waals surface area contributed by atoms with E-state index in [1.165, 1.54) is 4.90 Å². The van der Waals surface area contributed by atoms with Crippen molar-refractivity contribution in [3.8, 4) is 0 Å². The first kappa shape index (κ1) is 18.9. The van der Waals surface area contributed by atoms with Crippen LogP contribution in [0.25, 0.3) is 0 Å². The fourth-order valence-electron chi connectivity index (χ4n) is 2.66. The maximum Gasteiger partial charge on any atom is 0.328 e. The highest BCUT2D eigenvalue weighted by molar-refractivity contribution is 5.91. The quantitative estimate of drug-likeness (QED) is 0.593. The van der Waals surface area contributed by atoms with Crippen molar-refractivity contribution in [2.75, 3.05) is 13.2 Å². The number of rotatable bonds is 8. The highest BCUT2D eigenvalue weighted by Gasteiger charge is 2.39. The molecule has 3 N–H and O–H groups in total. The summed E-state index contributed by atoms with van der Waals surface area (Å²) in [6.07, 6.45) is 1.32. The zero-order valence-electron chi connectivity index (χ0n) is 13.7. The van der Waals surface area contributed by atoms with E-state index in [4.69, 9.17) is 10.5 Å². The van der Waals surface area contributed by atoms with Gasteiger partial charge in [-0.15, -0.1) is 0 Å². The number of hydrogen-bond donors (Lipinski definition) is 2. The van der Waals surface area contributed by atoms with Crippen molar-refractivity contribution < 1.29 is 23.9 Å². The van der Waals surface area contributed by atoms with E-state index in [-0.39, 0.29) is 37.7 Å². The molecule has 8 nitrogen and oxygen atoms in total. The monoisotopic (exact) mass is 327 g/mol. The lowest BCUT2D eigenvalue weighted by atomic mass is 9.99. The summed E-state index contributed by atoms with van der Waals surface area (Å²) in [6.45, 7) is 4.01. The van der Waals surface area contributed by atoms with Crippen molar-refractivity contribution >= 4 is 23.7 Å². The lowest BCUT2D eigenvalue weighted by Crippen LogP contribution is -2.58. The zero-order valence-corrected chi connectivity index (χ0v) is 13.7. The zero-order chi connectivity index (χ0) is 17.4. The fourth-order valence-corrected chi connectivity index (χ4v) is 2.66. The Balaban J connectivity index is 3.08. The van der Waals surface area contributed by atoms with E-state index in [2.05, 4.69) is 5.32 Å². The predicted octanol–water partition coefficient (Wildman–Crippen LogP) is -0.299. The Bertz CT molecular complexity index is 466. The van der Waals surface area contributed by atoms with Gasteiger partial charge in [0.15, 0.2) is 0 Å². The summed E-state index contributed by atoms with van der Waals surface area (Å²) in [6, 6.07) is -1.71. The van der Waals surface area contributed by atoms with Crippen LogP contribution in [-0.2, 0) is 23.9 Å². The van der Waals surface area contributed by atoms with Crippen LogP contribution in [0.4, 0.5) is 0 Å². The summed E-state index contributed by atoms with van der Waals surface area (Å²) < 4.78 is 5.02. The summed E-state index contributed by atoms with van der Waals surface area (Å²) in [5.41, 5.74) is 5.16. The van der Waals surface area contributed by atoms with Gasteiger partial charge in [0.25, 0.3) is 0 Å². The molecular weight excluding hydrogens is 302 g/mol. The molecule has 23 heavy (non-hydrogen) atoms. The van der Waals surface area contributed by atoms with Crippen molar-refractivity contribution in [1.29, 1.82) is 0 Å². The van der Waals surface area contributed by atoms with Crippen LogP contribution in [0.1, 0.15) is 46.0 Å². The van der Waals surface area contributed by atoms with Crippen LogP contribution >= 0.6 is 0 Å². The van der Waals surface area contributed by atoms with E-state index in [9.17, 15) is 19.2 Å². The number of piperidine rings is 1. The minimum atomic E-state index is -0.983. The van der Waals surface area contributed by atoms with Crippen LogP contribution in [0, 0.1) is 0 Å². The molecule has 0 aliphatic carbocycles. The third-order valence-corrected chi connectivity index (χ3v) is 3.74. The van der Waals surface area contributed by atoms with Gasteiger partial charge in [-0.3, -0.25) is 14.4 Å². The van der Waals surface area contributed by atoms with Gasteiger partial charge in [-0.05, 0) is 26.2 Å². The maximum absolute atomic E-state index is 12.4. The average Bonchev–Trinajstić information content (AvgIpc) is 2.51. The number of esters is 1. The smallest absolute Gasteiger partial charge is 0.328 e. The van der Waals surface area contributed by atoms with Crippen molar-refractivity contribution in [3.05, 3.63) is 0 Å². The lowest BCUT2D eigenvalue weighted by Gasteiger charge is -2.37. The number of nitrogens with two attached hydrogens (primary N) is 1. The Hall–Kier alpha value is -2.12. The van der Waals surface area contributed by atoms with Gasteiger partial charge in [0, 0.05) is 19.4 Å². The molecule has 2 unspecified atom stereocenters. The molecule has 0 bridgehead atoms. The molecule has 1 aliphatic rings. The van der Waals surface area contributed by atoms with Crippen molar-refractivity contribution in [3.63, 3.8) is 0 Å². The molecule has 2 atom stereocenters. The van der Waals surface area contributed by atoms with Gasteiger partial charge in [0.2, 0.25) is 17.7 Å². The molecule has 8 heteroatoms. The van der Waals surface area contributed by atoms with Gasteiger partial charge in [-0.1, -0.05) is 6.92 Å². The summed E-state index contributed by atoms with van der Waals surface area (Å²) in [4.78, 5) is 49.1. The molecule has 1 fully saturated rings. The first-order chi connectivity index (χ1) is 10.9. The molecule has 3 amide bonds. The molecule has 0 aromatic heterocycles. The van der Waals surface area contributed by atoms with Crippen molar-refractivity contribution in [2.45, 2.75) is 58.0 Å². The van der Waals surface area contributed by atoms with E-state index in [1.807, 2.05) is 0 Å². The average molecular weight is 327 g/mol. The normalized spacial score (nSPS) is 18.7. The van der Waals surface area contributed by atoms with Crippen LogP contribution in [0.5, 0.6) is 0 Å². The van der Waals surface area contributed by atoms with Crippen LogP contribution < -0.4 is 11.1 Å². The topological polar surface area (TPSA) is 119 Å². The van der Waals surface area contributed by atoms with E-state index < -0.39 is 24.0 Å². The van der Waals surface area contributed by atoms with E-state index in [0.717, 1.165) is 6.42 Å². The largest absolute Gasteiger partial charge is 0.464 e. The maximum atomic E-state index is 12.4. The molecule has 1 heterocycles. The summed E-state index contributed by atoms with van der Waals surface area (Å²) in [5, 5.41) is 2.71. The van der Waals surface area contributed by atoms with Gasteiger partial charge in [-0.2, -0.15) is 0 Å². The Labute approximate surface area is 135 Å². The molecule has 0 spiro atoms. The van der Waals surface area contributed by atoms with Crippen LogP contribution in [0.2, 0.25) is 0 Å². The van der Waals surface area contributed by atoms with Gasteiger partial charge < -0.3 is 20.7 Å². The van der Waals surface area contributed by atoms with Gasteiger partial charge in [0.05, 0.1) is 6.61 Å². The van der Waals surface area contributed by atoms with Crippen molar-refractivity contribution in [1.82, 2.24) is 10.2 Å². The second-order valence-electron chi connectivity index (χ2n) is 5.38. The number of nitrogens with one attached hydrogen (secondary N) is 1. The molecular formula is C15H25N3O5. The second kappa shape index (κ2) is 9.12. The molecule has 0 aromatic carbocycles. The molecule has 1 aliphatic heterocycles.